The molecule has 0 aliphatic carbocycles. The number of hydrogen-bond acceptors (Lipinski definition) is 5. The Morgan fingerprint density at radius 3 is 2.43 bits per heavy atom. The van der Waals surface area contributed by atoms with Gasteiger partial charge in [0.15, 0.2) is 5.82 Å². The van der Waals surface area contributed by atoms with Crippen molar-refractivity contribution in [3.8, 4) is 11.4 Å². The van der Waals surface area contributed by atoms with Gasteiger partial charge in [0.2, 0.25) is 0 Å². The average molecular weight is 433 g/mol. The molecule has 0 amide bonds. The van der Waals surface area contributed by atoms with Crippen LogP contribution in [0.2, 0.25) is 5.02 Å². The zero-order valence-electron chi connectivity index (χ0n) is 16.5. The van der Waals surface area contributed by atoms with Crippen molar-refractivity contribution >= 4 is 17.4 Å². The third-order valence-electron chi connectivity index (χ3n) is 5.16. The number of rotatable bonds is 7. The fourth-order valence-corrected chi connectivity index (χ4v) is 3.68. The van der Waals surface area contributed by atoms with Crippen LogP contribution in [0.1, 0.15) is 5.82 Å². The Hall–Kier alpha value is -2.58. The van der Waals surface area contributed by atoms with E-state index in [1.54, 1.807) is 30.5 Å². The molecule has 0 saturated carbocycles. The van der Waals surface area contributed by atoms with E-state index in [0.717, 1.165) is 44.1 Å². The molecule has 1 aliphatic rings. The van der Waals surface area contributed by atoms with Crippen LogP contribution < -0.4 is 4.90 Å². The maximum atomic E-state index is 13.0. The molecule has 3 aromatic rings. The standard InChI is InChI=1S/C21H23ClF2N6/c22-17-6-4-16(5-7-17)21-26-20(30(27-21)15-18(23)24)8-10-28-11-13-29(14-12-28)19-3-1-2-9-25-19/h1-7,9,18H,8,10-15H2. The predicted octanol–water partition coefficient (Wildman–Crippen LogP) is 3.62. The summed E-state index contributed by atoms with van der Waals surface area (Å²) in [6, 6.07) is 13.0. The molecule has 1 saturated heterocycles. The number of alkyl halides is 2. The molecule has 6 nitrogen and oxygen atoms in total. The van der Waals surface area contributed by atoms with Crippen molar-refractivity contribution in [1.29, 1.82) is 0 Å². The number of piperazine rings is 1. The largest absolute Gasteiger partial charge is 0.354 e. The molecule has 0 atom stereocenters. The minimum Gasteiger partial charge on any atom is -0.354 e. The van der Waals surface area contributed by atoms with Crippen molar-refractivity contribution in [3.63, 3.8) is 0 Å². The lowest BCUT2D eigenvalue weighted by Gasteiger charge is -2.35. The molecular formula is C21H23ClF2N6. The van der Waals surface area contributed by atoms with E-state index in [-0.39, 0.29) is 0 Å². The molecule has 0 unspecified atom stereocenters. The first-order chi connectivity index (χ1) is 14.6. The molecular weight excluding hydrogens is 410 g/mol. The fraction of sp³-hybridized carbons (Fsp3) is 0.381. The number of aromatic nitrogens is 4. The molecule has 0 radical (unpaired) electrons. The third-order valence-corrected chi connectivity index (χ3v) is 5.41. The third kappa shape index (κ3) is 5.12. The van der Waals surface area contributed by atoms with Crippen molar-refractivity contribution in [2.75, 3.05) is 37.6 Å². The second-order valence-electron chi connectivity index (χ2n) is 7.20. The fourth-order valence-electron chi connectivity index (χ4n) is 3.56. The number of anilines is 1. The van der Waals surface area contributed by atoms with Gasteiger partial charge in [-0.25, -0.2) is 23.4 Å². The van der Waals surface area contributed by atoms with Gasteiger partial charge in [0.05, 0.1) is 0 Å². The summed E-state index contributed by atoms with van der Waals surface area (Å²) in [6.45, 7) is 3.85. The quantitative estimate of drug-likeness (QED) is 0.570. The predicted molar refractivity (Wildman–Crippen MR) is 113 cm³/mol. The molecule has 3 heterocycles. The van der Waals surface area contributed by atoms with Gasteiger partial charge >= 0.3 is 0 Å². The van der Waals surface area contributed by atoms with Crippen LogP contribution in [0.15, 0.2) is 48.7 Å². The first-order valence-electron chi connectivity index (χ1n) is 9.94. The molecule has 30 heavy (non-hydrogen) atoms. The molecule has 1 aromatic carbocycles. The first-order valence-corrected chi connectivity index (χ1v) is 10.3. The minimum atomic E-state index is -2.48. The zero-order valence-corrected chi connectivity index (χ0v) is 17.2. The van der Waals surface area contributed by atoms with E-state index in [2.05, 4.69) is 24.9 Å². The van der Waals surface area contributed by atoms with Crippen LogP contribution in [0.25, 0.3) is 11.4 Å². The highest BCUT2D eigenvalue weighted by molar-refractivity contribution is 6.30. The number of pyridine rings is 1. The normalized spacial score (nSPS) is 15.1. The van der Waals surface area contributed by atoms with Crippen LogP contribution in [-0.4, -0.2) is 63.8 Å². The monoisotopic (exact) mass is 432 g/mol. The molecule has 4 rings (SSSR count). The van der Waals surface area contributed by atoms with Gasteiger partial charge in [0, 0.05) is 55.9 Å². The summed E-state index contributed by atoms with van der Waals surface area (Å²) < 4.78 is 27.4. The average Bonchev–Trinajstić information content (AvgIpc) is 3.15. The van der Waals surface area contributed by atoms with Crippen LogP contribution in [0.5, 0.6) is 0 Å². The highest BCUT2D eigenvalue weighted by Gasteiger charge is 2.20. The summed E-state index contributed by atoms with van der Waals surface area (Å²) in [7, 11) is 0. The summed E-state index contributed by atoms with van der Waals surface area (Å²) in [5.41, 5.74) is 0.762. The SMILES string of the molecule is FC(F)Cn1nc(-c2ccc(Cl)cc2)nc1CCN1CCN(c2ccccn2)CC1. The Bertz CT molecular complexity index is 940. The molecule has 0 spiro atoms. The molecule has 2 aromatic heterocycles. The molecule has 158 valence electrons. The smallest absolute Gasteiger partial charge is 0.257 e. The van der Waals surface area contributed by atoms with E-state index >= 15 is 0 Å². The van der Waals surface area contributed by atoms with E-state index in [1.807, 2.05) is 18.2 Å². The maximum Gasteiger partial charge on any atom is 0.257 e. The second kappa shape index (κ2) is 9.49. The van der Waals surface area contributed by atoms with Gasteiger partial charge in [-0.3, -0.25) is 4.90 Å². The van der Waals surface area contributed by atoms with E-state index in [0.29, 0.717) is 23.1 Å². The maximum absolute atomic E-state index is 13.0. The zero-order chi connectivity index (χ0) is 20.9. The number of halogens is 3. The van der Waals surface area contributed by atoms with Gasteiger partial charge in [-0.1, -0.05) is 17.7 Å². The van der Waals surface area contributed by atoms with Crippen LogP contribution in [0, 0.1) is 0 Å². The second-order valence-corrected chi connectivity index (χ2v) is 7.63. The number of hydrogen-bond donors (Lipinski definition) is 0. The minimum absolute atomic E-state index is 0.447. The Kier molecular flexibility index (Phi) is 6.54. The lowest BCUT2D eigenvalue weighted by Crippen LogP contribution is -2.47. The van der Waals surface area contributed by atoms with Crippen molar-refractivity contribution in [1.82, 2.24) is 24.6 Å². The number of benzene rings is 1. The van der Waals surface area contributed by atoms with Gasteiger partial charge in [-0.2, -0.15) is 5.10 Å². The van der Waals surface area contributed by atoms with Crippen LogP contribution in [0.4, 0.5) is 14.6 Å². The summed E-state index contributed by atoms with van der Waals surface area (Å²) in [5.74, 6) is 2.01. The molecule has 0 N–H and O–H groups in total. The van der Waals surface area contributed by atoms with Crippen molar-refractivity contribution in [3.05, 3.63) is 59.5 Å². The molecule has 0 bridgehead atoms. The topological polar surface area (TPSA) is 50.1 Å². The summed E-state index contributed by atoms with van der Waals surface area (Å²) in [4.78, 5) is 13.5. The Labute approximate surface area is 179 Å². The highest BCUT2D eigenvalue weighted by Crippen LogP contribution is 2.20. The van der Waals surface area contributed by atoms with E-state index in [9.17, 15) is 8.78 Å². The highest BCUT2D eigenvalue weighted by atomic mass is 35.5. The van der Waals surface area contributed by atoms with Gasteiger partial charge < -0.3 is 4.90 Å². The Balaban J connectivity index is 1.39. The summed E-state index contributed by atoms with van der Waals surface area (Å²) in [5, 5.41) is 4.92. The van der Waals surface area contributed by atoms with Gasteiger partial charge in [0.1, 0.15) is 18.2 Å². The summed E-state index contributed by atoms with van der Waals surface area (Å²) >= 11 is 5.93. The number of nitrogens with zero attached hydrogens (tertiary/aromatic N) is 6. The van der Waals surface area contributed by atoms with Gasteiger partial charge in [0.25, 0.3) is 6.43 Å². The first kappa shape index (κ1) is 20.7. The van der Waals surface area contributed by atoms with Crippen molar-refractivity contribution in [2.45, 2.75) is 19.4 Å². The van der Waals surface area contributed by atoms with E-state index < -0.39 is 13.0 Å². The molecule has 1 fully saturated rings. The molecule has 9 heteroatoms. The Morgan fingerprint density at radius 1 is 1.00 bits per heavy atom. The van der Waals surface area contributed by atoms with Crippen LogP contribution in [-0.2, 0) is 13.0 Å². The molecule has 1 aliphatic heterocycles. The van der Waals surface area contributed by atoms with Crippen molar-refractivity contribution in [2.24, 2.45) is 0 Å². The summed E-state index contributed by atoms with van der Waals surface area (Å²) in [6.07, 6.45) is -0.113. The van der Waals surface area contributed by atoms with E-state index in [1.165, 1.54) is 4.68 Å². The van der Waals surface area contributed by atoms with Crippen LogP contribution >= 0.6 is 11.6 Å². The van der Waals surface area contributed by atoms with Crippen LogP contribution in [0.3, 0.4) is 0 Å². The van der Waals surface area contributed by atoms with Gasteiger partial charge in [-0.15, -0.1) is 0 Å². The van der Waals surface area contributed by atoms with Crippen molar-refractivity contribution < 1.29 is 8.78 Å². The lowest BCUT2D eigenvalue weighted by atomic mass is 10.2. The lowest BCUT2D eigenvalue weighted by molar-refractivity contribution is 0.120. The van der Waals surface area contributed by atoms with Gasteiger partial charge in [-0.05, 0) is 36.4 Å². The Morgan fingerprint density at radius 2 is 1.77 bits per heavy atom. The van der Waals surface area contributed by atoms with E-state index in [4.69, 9.17) is 11.6 Å².